The lowest BCUT2D eigenvalue weighted by Crippen LogP contribution is -1.96. The monoisotopic (exact) mass is 264 g/mol. The highest BCUT2D eigenvalue weighted by Crippen LogP contribution is 2.29. The van der Waals surface area contributed by atoms with Crippen LogP contribution in [0.4, 0.5) is 0 Å². The van der Waals surface area contributed by atoms with E-state index in [1.54, 1.807) is 18.0 Å². The van der Waals surface area contributed by atoms with Gasteiger partial charge in [0.1, 0.15) is 5.03 Å². The Morgan fingerprint density at radius 2 is 2.12 bits per heavy atom. The Morgan fingerprint density at radius 1 is 1.29 bits per heavy atom. The molecule has 1 aromatic heterocycles. The average molecular weight is 265 g/mol. The molecule has 17 heavy (non-hydrogen) atoms. The van der Waals surface area contributed by atoms with Crippen molar-refractivity contribution in [3.05, 3.63) is 52.7 Å². The predicted molar refractivity (Wildman–Crippen MR) is 72.4 cm³/mol. The molecule has 0 aliphatic rings. The first kappa shape index (κ1) is 12.4. The van der Waals surface area contributed by atoms with Crippen molar-refractivity contribution in [2.24, 2.45) is 5.73 Å². The number of nitrogens with two attached hydrogens (primary N) is 1. The lowest BCUT2D eigenvalue weighted by Gasteiger charge is -2.06. The molecule has 1 aromatic carbocycles. The molecule has 0 bridgehead atoms. The molecule has 2 nitrogen and oxygen atoms in total. The Labute approximate surface area is 110 Å². The standard InChI is InChI=1S/C13H13ClN2S/c1-9-6-10(7-15)2-4-12(9)17-13-5-3-11(14)8-16-13/h2-6,8H,7,15H2,1H3. The lowest BCUT2D eigenvalue weighted by atomic mass is 10.1. The number of nitrogens with zero attached hydrogens (tertiary/aromatic N) is 1. The minimum Gasteiger partial charge on any atom is -0.326 e. The van der Waals surface area contributed by atoms with Crippen molar-refractivity contribution in [3.63, 3.8) is 0 Å². The Morgan fingerprint density at radius 3 is 2.71 bits per heavy atom. The summed E-state index contributed by atoms with van der Waals surface area (Å²) in [6.45, 7) is 2.66. The molecule has 0 aliphatic carbocycles. The highest BCUT2D eigenvalue weighted by atomic mass is 35.5. The van der Waals surface area contributed by atoms with Crippen molar-refractivity contribution in [3.8, 4) is 0 Å². The average Bonchev–Trinajstić information content (AvgIpc) is 2.34. The third-order valence-corrected chi connectivity index (χ3v) is 3.74. The Hall–Kier alpha value is -1.03. The van der Waals surface area contributed by atoms with Crippen molar-refractivity contribution in [1.82, 2.24) is 4.98 Å². The highest BCUT2D eigenvalue weighted by Gasteiger charge is 2.03. The van der Waals surface area contributed by atoms with E-state index in [4.69, 9.17) is 17.3 Å². The maximum atomic E-state index is 5.80. The fourth-order valence-electron chi connectivity index (χ4n) is 1.49. The zero-order valence-corrected chi connectivity index (χ0v) is 11.1. The van der Waals surface area contributed by atoms with Crippen LogP contribution in [0.2, 0.25) is 5.02 Å². The minimum atomic E-state index is 0.574. The van der Waals surface area contributed by atoms with E-state index < -0.39 is 0 Å². The molecule has 0 radical (unpaired) electrons. The van der Waals surface area contributed by atoms with Crippen LogP contribution in [0.1, 0.15) is 11.1 Å². The van der Waals surface area contributed by atoms with Gasteiger partial charge in [-0.05, 0) is 36.2 Å². The van der Waals surface area contributed by atoms with Gasteiger partial charge in [0, 0.05) is 17.6 Å². The molecule has 0 spiro atoms. The predicted octanol–water partition coefficient (Wildman–Crippen LogP) is 3.65. The number of hydrogen-bond acceptors (Lipinski definition) is 3. The van der Waals surface area contributed by atoms with Crippen LogP contribution in [0.3, 0.4) is 0 Å². The van der Waals surface area contributed by atoms with Gasteiger partial charge in [0.2, 0.25) is 0 Å². The van der Waals surface area contributed by atoms with Crippen LogP contribution in [0.5, 0.6) is 0 Å². The zero-order valence-electron chi connectivity index (χ0n) is 9.48. The van der Waals surface area contributed by atoms with Gasteiger partial charge in [0.05, 0.1) is 5.02 Å². The van der Waals surface area contributed by atoms with Crippen molar-refractivity contribution in [1.29, 1.82) is 0 Å². The SMILES string of the molecule is Cc1cc(CN)ccc1Sc1ccc(Cl)cn1. The normalized spacial score (nSPS) is 10.5. The third kappa shape index (κ3) is 3.22. The largest absolute Gasteiger partial charge is 0.326 e. The van der Waals surface area contributed by atoms with Crippen LogP contribution < -0.4 is 5.73 Å². The van der Waals surface area contributed by atoms with Crippen molar-refractivity contribution >= 4 is 23.4 Å². The topological polar surface area (TPSA) is 38.9 Å². The van der Waals surface area contributed by atoms with E-state index in [2.05, 4.69) is 24.0 Å². The fourth-order valence-corrected chi connectivity index (χ4v) is 2.42. The van der Waals surface area contributed by atoms with Crippen LogP contribution >= 0.6 is 23.4 Å². The molecule has 0 saturated heterocycles. The van der Waals surface area contributed by atoms with Crippen molar-refractivity contribution < 1.29 is 0 Å². The molecule has 0 aliphatic heterocycles. The molecule has 4 heteroatoms. The number of hydrogen-bond donors (Lipinski definition) is 1. The number of aryl methyl sites for hydroxylation is 1. The van der Waals surface area contributed by atoms with Gasteiger partial charge < -0.3 is 5.73 Å². The van der Waals surface area contributed by atoms with Gasteiger partial charge in [-0.1, -0.05) is 35.5 Å². The first-order valence-corrected chi connectivity index (χ1v) is 6.47. The molecular formula is C13H13ClN2S. The number of pyridine rings is 1. The van der Waals surface area contributed by atoms with E-state index in [-0.39, 0.29) is 0 Å². The van der Waals surface area contributed by atoms with Gasteiger partial charge in [-0.15, -0.1) is 0 Å². The smallest absolute Gasteiger partial charge is 0.101 e. The maximum Gasteiger partial charge on any atom is 0.101 e. The van der Waals surface area contributed by atoms with E-state index >= 15 is 0 Å². The van der Waals surface area contributed by atoms with Gasteiger partial charge in [0.25, 0.3) is 0 Å². The van der Waals surface area contributed by atoms with Gasteiger partial charge in [-0.25, -0.2) is 4.98 Å². The van der Waals surface area contributed by atoms with E-state index in [1.165, 1.54) is 10.5 Å². The molecule has 0 fully saturated rings. The summed E-state index contributed by atoms with van der Waals surface area (Å²) in [6, 6.07) is 10.0. The number of aromatic nitrogens is 1. The van der Waals surface area contributed by atoms with Gasteiger partial charge in [-0.2, -0.15) is 0 Å². The van der Waals surface area contributed by atoms with Gasteiger partial charge in [0.15, 0.2) is 0 Å². The highest BCUT2D eigenvalue weighted by molar-refractivity contribution is 7.99. The van der Waals surface area contributed by atoms with E-state index in [0.717, 1.165) is 10.6 Å². The van der Waals surface area contributed by atoms with Crippen LogP contribution in [-0.2, 0) is 6.54 Å². The van der Waals surface area contributed by atoms with Crippen molar-refractivity contribution in [2.45, 2.75) is 23.4 Å². The summed E-state index contributed by atoms with van der Waals surface area (Å²) in [7, 11) is 0. The second kappa shape index (κ2) is 5.54. The molecule has 1 heterocycles. The summed E-state index contributed by atoms with van der Waals surface area (Å²) in [4.78, 5) is 5.46. The number of rotatable bonds is 3. The summed E-state index contributed by atoms with van der Waals surface area (Å²) in [5.41, 5.74) is 7.97. The molecule has 2 N–H and O–H groups in total. The Bertz CT molecular complexity index is 511. The maximum absolute atomic E-state index is 5.80. The van der Waals surface area contributed by atoms with E-state index in [0.29, 0.717) is 11.6 Å². The molecule has 0 saturated carbocycles. The second-order valence-corrected chi connectivity index (χ2v) is 5.22. The van der Waals surface area contributed by atoms with Crippen molar-refractivity contribution in [2.75, 3.05) is 0 Å². The van der Waals surface area contributed by atoms with Gasteiger partial charge in [-0.3, -0.25) is 0 Å². The summed E-state index contributed by atoms with van der Waals surface area (Å²) < 4.78 is 0. The van der Waals surface area contributed by atoms with Gasteiger partial charge >= 0.3 is 0 Å². The summed E-state index contributed by atoms with van der Waals surface area (Å²) in [5.74, 6) is 0. The Balaban J connectivity index is 2.21. The zero-order chi connectivity index (χ0) is 12.3. The summed E-state index contributed by atoms with van der Waals surface area (Å²) in [5, 5.41) is 1.60. The van der Waals surface area contributed by atoms with Crippen LogP contribution in [0, 0.1) is 6.92 Å². The molecule has 2 rings (SSSR count). The number of halogens is 1. The molecule has 2 aromatic rings. The molecule has 88 valence electrons. The fraction of sp³-hybridized carbons (Fsp3) is 0.154. The first-order valence-electron chi connectivity index (χ1n) is 5.28. The quantitative estimate of drug-likeness (QED) is 0.920. The third-order valence-electron chi connectivity index (χ3n) is 2.39. The molecule has 0 amide bonds. The van der Waals surface area contributed by atoms with Crippen LogP contribution in [-0.4, -0.2) is 4.98 Å². The Kier molecular flexibility index (Phi) is 4.05. The van der Waals surface area contributed by atoms with E-state index in [9.17, 15) is 0 Å². The number of benzene rings is 1. The van der Waals surface area contributed by atoms with E-state index in [1.807, 2.05) is 18.2 Å². The lowest BCUT2D eigenvalue weighted by molar-refractivity contribution is 1.05. The van der Waals surface area contributed by atoms with Crippen LogP contribution in [0.25, 0.3) is 0 Å². The molecule has 0 atom stereocenters. The first-order chi connectivity index (χ1) is 8.19. The van der Waals surface area contributed by atoms with Crippen LogP contribution in [0.15, 0.2) is 46.5 Å². The molecule has 0 unspecified atom stereocenters. The second-order valence-electron chi connectivity index (χ2n) is 3.72. The minimum absolute atomic E-state index is 0.574. The summed E-state index contributed by atoms with van der Waals surface area (Å²) in [6.07, 6.45) is 1.66. The molecular weight excluding hydrogens is 252 g/mol. The summed E-state index contributed by atoms with van der Waals surface area (Å²) >= 11 is 7.43.